The molecule has 1 atom stereocenters. The third-order valence-electron chi connectivity index (χ3n) is 3.13. The van der Waals surface area contributed by atoms with Gasteiger partial charge in [0.1, 0.15) is 17.2 Å². The summed E-state index contributed by atoms with van der Waals surface area (Å²) in [5.41, 5.74) is -1.80. The Balaban J connectivity index is 5.62. The van der Waals surface area contributed by atoms with E-state index in [1.807, 2.05) is 0 Å². The number of esters is 2. The highest BCUT2D eigenvalue weighted by atomic mass is 16.6. The van der Waals surface area contributed by atoms with Gasteiger partial charge >= 0.3 is 24.1 Å². The number of methoxy groups -OCH3 is 1. The first kappa shape index (κ1) is 25.7. The van der Waals surface area contributed by atoms with Gasteiger partial charge in [0.2, 0.25) is 0 Å². The van der Waals surface area contributed by atoms with Crippen molar-refractivity contribution < 1.29 is 38.1 Å². The molecule has 0 aliphatic carbocycles. The Morgan fingerprint density at radius 3 is 1.71 bits per heavy atom. The van der Waals surface area contributed by atoms with E-state index in [9.17, 15) is 19.2 Å². The van der Waals surface area contributed by atoms with Crippen molar-refractivity contribution in [3.05, 3.63) is 0 Å². The summed E-state index contributed by atoms with van der Waals surface area (Å²) in [6, 6.07) is -1.30. The van der Waals surface area contributed by atoms with Crippen molar-refractivity contribution in [3.63, 3.8) is 0 Å². The molecule has 0 aliphatic heterocycles. The highest BCUT2D eigenvalue weighted by molar-refractivity contribution is 5.94. The van der Waals surface area contributed by atoms with Gasteiger partial charge in [0.15, 0.2) is 0 Å². The summed E-state index contributed by atoms with van der Waals surface area (Å²) in [5, 5.41) is 0. The first-order valence-electron chi connectivity index (χ1n) is 9.20. The molecule has 9 nitrogen and oxygen atoms in total. The van der Waals surface area contributed by atoms with Crippen molar-refractivity contribution in [3.8, 4) is 0 Å². The monoisotopic (exact) mass is 403 g/mol. The SMILES string of the molecule is CCOC(=O)CCC[C@@H](C(=O)OC)N(C(=O)OC(C)(C)C)C(=O)OC(C)(C)C. The Morgan fingerprint density at radius 2 is 1.36 bits per heavy atom. The zero-order valence-electron chi connectivity index (χ0n) is 18.1. The molecule has 0 radical (unpaired) electrons. The molecule has 0 aliphatic rings. The molecule has 0 bridgehead atoms. The van der Waals surface area contributed by atoms with Gasteiger partial charge in [-0.3, -0.25) is 4.79 Å². The van der Waals surface area contributed by atoms with E-state index >= 15 is 0 Å². The molecular weight excluding hydrogens is 370 g/mol. The molecule has 0 aromatic rings. The van der Waals surface area contributed by atoms with E-state index in [1.54, 1.807) is 48.5 Å². The number of hydrogen-bond donors (Lipinski definition) is 0. The van der Waals surface area contributed by atoms with Gasteiger partial charge in [-0.05, 0) is 61.3 Å². The van der Waals surface area contributed by atoms with E-state index in [2.05, 4.69) is 0 Å². The molecule has 9 heteroatoms. The molecule has 0 saturated heterocycles. The Labute approximate surface area is 166 Å². The van der Waals surface area contributed by atoms with E-state index < -0.39 is 41.4 Å². The first-order chi connectivity index (χ1) is 12.7. The highest BCUT2D eigenvalue weighted by Gasteiger charge is 2.40. The smallest absolute Gasteiger partial charge is 0.420 e. The number of ether oxygens (including phenoxy) is 4. The average Bonchev–Trinajstić information content (AvgIpc) is 2.49. The van der Waals surface area contributed by atoms with Crippen LogP contribution in [0.15, 0.2) is 0 Å². The Bertz CT molecular complexity index is 531. The Morgan fingerprint density at radius 1 is 0.893 bits per heavy atom. The molecule has 0 spiro atoms. The van der Waals surface area contributed by atoms with Crippen LogP contribution in [0.5, 0.6) is 0 Å². The van der Waals surface area contributed by atoms with Gasteiger partial charge in [-0.2, -0.15) is 4.90 Å². The number of hydrogen-bond acceptors (Lipinski definition) is 8. The molecule has 0 aromatic heterocycles. The van der Waals surface area contributed by atoms with E-state index in [1.165, 1.54) is 0 Å². The largest absolute Gasteiger partial charge is 0.467 e. The lowest BCUT2D eigenvalue weighted by Crippen LogP contribution is -2.52. The average molecular weight is 403 g/mol. The molecule has 162 valence electrons. The lowest BCUT2D eigenvalue weighted by Gasteiger charge is -2.32. The first-order valence-corrected chi connectivity index (χ1v) is 9.20. The van der Waals surface area contributed by atoms with Gasteiger partial charge in [-0.1, -0.05) is 0 Å². The molecule has 0 saturated carbocycles. The molecule has 0 fully saturated rings. The van der Waals surface area contributed by atoms with E-state index in [-0.39, 0.29) is 25.9 Å². The zero-order valence-corrected chi connectivity index (χ0v) is 18.1. The molecule has 0 heterocycles. The normalized spacial score (nSPS) is 12.6. The Kier molecular flexibility index (Phi) is 9.97. The van der Waals surface area contributed by atoms with Crippen LogP contribution in [0.25, 0.3) is 0 Å². The highest BCUT2D eigenvalue weighted by Crippen LogP contribution is 2.20. The molecule has 2 amide bonds. The summed E-state index contributed by atoms with van der Waals surface area (Å²) in [5.74, 6) is -1.26. The summed E-state index contributed by atoms with van der Waals surface area (Å²) in [6.07, 6.45) is -1.86. The van der Waals surface area contributed by atoms with E-state index in [0.717, 1.165) is 7.11 Å². The summed E-state index contributed by atoms with van der Waals surface area (Å²) in [6.45, 7) is 11.7. The summed E-state index contributed by atoms with van der Waals surface area (Å²) >= 11 is 0. The Hall–Kier alpha value is -2.32. The fourth-order valence-corrected chi connectivity index (χ4v) is 2.11. The maximum atomic E-state index is 12.7. The second kappa shape index (κ2) is 10.9. The summed E-state index contributed by atoms with van der Waals surface area (Å²) in [7, 11) is 1.14. The van der Waals surface area contributed by atoms with Crippen LogP contribution in [-0.4, -0.2) is 60.0 Å². The predicted octanol–water partition coefficient (Wildman–Crippen LogP) is 3.43. The third kappa shape index (κ3) is 10.1. The maximum absolute atomic E-state index is 12.7. The topological polar surface area (TPSA) is 108 Å². The predicted molar refractivity (Wildman–Crippen MR) is 101 cm³/mol. The number of amides is 2. The van der Waals surface area contributed by atoms with Gasteiger partial charge in [0.05, 0.1) is 13.7 Å². The van der Waals surface area contributed by atoms with Crippen molar-refractivity contribution >= 4 is 24.1 Å². The van der Waals surface area contributed by atoms with Gasteiger partial charge in [-0.25, -0.2) is 14.4 Å². The molecule has 0 rings (SSSR count). The number of nitrogens with zero attached hydrogens (tertiary/aromatic N) is 1. The lowest BCUT2D eigenvalue weighted by molar-refractivity contribution is -0.148. The number of imide groups is 1. The molecule has 28 heavy (non-hydrogen) atoms. The van der Waals surface area contributed by atoms with E-state index in [4.69, 9.17) is 18.9 Å². The number of rotatable bonds is 7. The van der Waals surface area contributed by atoms with Crippen molar-refractivity contribution in [2.45, 2.75) is 85.0 Å². The van der Waals surface area contributed by atoms with Crippen LogP contribution >= 0.6 is 0 Å². The molecule has 0 N–H and O–H groups in total. The van der Waals surface area contributed by atoms with Crippen LogP contribution in [0.2, 0.25) is 0 Å². The molecular formula is C19H33NO8. The maximum Gasteiger partial charge on any atom is 0.420 e. The minimum Gasteiger partial charge on any atom is -0.467 e. The minimum absolute atomic E-state index is 0.00995. The van der Waals surface area contributed by atoms with Crippen LogP contribution in [0.4, 0.5) is 9.59 Å². The van der Waals surface area contributed by atoms with Crippen LogP contribution in [0.3, 0.4) is 0 Å². The molecule has 0 unspecified atom stereocenters. The van der Waals surface area contributed by atoms with Crippen LogP contribution in [-0.2, 0) is 28.5 Å². The van der Waals surface area contributed by atoms with Crippen molar-refractivity contribution in [2.24, 2.45) is 0 Å². The van der Waals surface area contributed by atoms with Crippen LogP contribution in [0.1, 0.15) is 67.7 Å². The van der Waals surface area contributed by atoms with Gasteiger partial charge in [0.25, 0.3) is 0 Å². The minimum atomic E-state index is -1.30. The van der Waals surface area contributed by atoms with Gasteiger partial charge in [0, 0.05) is 6.42 Å². The fraction of sp³-hybridized carbons (Fsp3) is 0.789. The quantitative estimate of drug-likeness (QED) is 0.470. The summed E-state index contributed by atoms with van der Waals surface area (Å²) in [4.78, 5) is 49.7. The zero-order chi connectivity index (χ0) is 22.1. The number of carbonyl (C=O) groups excluding carboxylic acids is 4. The molecule has 0 aromatic carbocycles. The van der Waals surface area contributed by atoms with Gasteiger partial charge in [-0.15, -0.1) is 0 Å². The van der Waals surface area contributed by atoms with E-state index in [0.29, 0.717) is 4.90 Å². The van der Waals surface area contributed by atoms with Gasteiger partial charge < -0.3 is 18.9 Å². The second-order valence-corrected chi connectivity index (χ2v) is 8.07. The standard InChI is InChI=1S/C19H33NO8/c1-9-26-14(21)12-10-11-13(15(22)25-8)20(16(23)27-18(2,3)4)17(24)28-19(5,6)7/h13H,9-12H2,1-8H3/t13-/m0/s1. The summed E-state index contributed by atoms with van der Waals surface area (Å²) < 4.78 is 20.1. The van der Waals surface area contributed by atoms with Crippen molar-refractivity contribution in [1.29, 1.82) is 0 Å². The third-order valence-corrected chi connectivity index (χ3v) is 3.13. The second-order valence-electron chi connectivity index (χ2n) is 8.07. The van der Waals surface area contributed by atoms with Crippen LogP contribution in [0, 0.1) is 0 Å². The van der Waals surface area contributed by atoms with Crippen molar-refractivity contribution in [1.82, 2.24) is 4.90 Å². The van der Waals surface area contributed by atoms with Crippen molar-refractivity contribution in [2.75, 3.05) is 13.7 Å². The lowest BCUT2D eigenvalue weighted by atomic mass is 10.1. The fourth-order valence-electron chi connectivity index (χ4n) is 2.11. The van der Waals surface area contributed by atoms with Crippen LogP contribution < -0.4 is 0 Å². The number of carbonyl (C=O) groups is 4.